The molecule has 0 saturated heterocycles. The van der Waals surface area contributed by atoms with Crippen LogP contribution in [0.1, 0.15) is 53.5 Å². The first-order valence-electron chi connectivity index (χ1n) is 8.41. The van der Waals surface area contributed by atoms with Crippen LogP contribution in [0.25, 0.3) is 0 Å². The second-order valence-electron chi connectivity index (χ2n) is 4.50. The van der Waals surface area contributed by atoms with Gasteiger partial charge in [0, 0.05) is 6.42 Å². The van der Waals surface area contributed by atoms with E-state index >= 15 is 0 Å². The van der Waals surface area contributed by atoms with Crippen LogP contribution in [0.5, 0.6) is 0 Å². The molecule has 1 atom stereocenters. The molecule has 0 heterocycles. The highest BCUT2D eigenvalue weighted by Gasteiger charge is 2.13. The van der Waals surface area contributed by atoms with E-state index in [4.69, 9.17) is 4.74 Å². The second-order valence-corrected chi connectivity index (χ2v) is 4.50. The molecule has 4 heteroatoms. The summed E-state index contributed by atoms with van der Waals surface area (Å²) in [5.41, 5.74) is 1.17. The molecule has 0 aliphatic carbocycles. The molecule has 1 rings (SSSR count). The fraction of sp³-hybridized carbons (Fsp3) is 0.579. The molecule has 4 nitrogen and oxygen atoms in total. The summed E-state index contributed by atoms with van der Waals surface area (Å²) in [6, 6.07) is 9.98. The number of carbonyl (C=O) groups excluding carboxylic acids is 2. The molecule has 0 fully saturated rings. The fourth-order valence-electron chi connectivity index (χ4n) is 1.60. The molecule has 0 bridgehead atoms. The van der Waals surface area contributed by atoms with Crippen LogP contribution in [0.4, 0.5) is 0 Å². The summed E-state index contributed by atoms with van der Waals surface area (Å²) < 4.78 is 9.49. The first-order valence-corrected chi connectivity index (χ1v) is 8.41. The van der Waals surface area contributed by atoms with Gasteiger partial charge in [-0.05, 0) is 25.8 Å². The summed E-state index contributed by atoms with van der Waals surface area (Å²) in [7, 11) is 0. The van der Waals surface area contributed by atoms with Crippen molar-refractivity contribution in [2.24, 2.45) is 5.92 Å². The van der Waals surface area contributed by atoms with Crippen molar-refractivity contribution in [2.45, 2.75) is 54.4 Å². The predicted molar refractivity (Wildman–Crippen MR) is 94.2 cm³/mol. The predicted octanol–water partition coefficient (Wildman–Crippen LogP) is 4.41. The van der Waals surface area contributed by atoms with Crippen LogP contribution in [0.2, 0.25) is 0 Å². The molecule has 23 heavy (non-hydrogen) atoms. The minimum absolute atomic E-state index is 0.0580. The molecule has 0 aliphatic heterocycles. The fourth-order valence-corrected chi connectivity index (χ4v) is 1.60. The van der Waals surface area contributed by atoms with E-state index in [2.05, 4.69) is 4.74 Å². The van der Waals surface area contributed by atoms with E-state index in [1.165, 1.54) is 5.56 Å². The van der Waals surface area contributed by atoms with Gasteiger partial charge in [-0.3, -0.25) is 9.59 Å². The molecule has 0 saturated carbocycles. The van der Waals surface area contributed by atoms with Gasteiger partial charge in [-0.2, -0.15) is 0 Å². The number of esters is 2. The van der Waals surface area contributed by atoms with E-state index in [0.29, 0.717) is 19.6 Å². The Labute approximate surface area is 141 Å². The van der Waals surface area contributed by atoms with Crippen LogP contribution in [0, 0.1) is 5.92 Å². The maximum absolute atomic E-state index is 11.3. The maximum Gasteiger partial charge on any atom is 0.308 e. The molecular formula is C19H32O4. The van der Waals surface area contributed by atoms with Gasteiger partial charge < -0.3 is 9.47 Å². The first kappa shape index (κ1) is 23.4. The van der Waals surface area contributed by atoms with E-state index in [1.807, 2.05) is 58.0 Å². The molecule has 1 aromatic carbocycles. The quantitative estimate of drug-likeness (QED) is 0.727. The second kappa shape index (κ2) is 16.5. The average molecular weight is 324 g/mol. The number of hydrogen-bond acceptors (Lipinski definition) is 4. The number of ether oxygens (including phenoxy) is 2. The molecule has 0 amide bonds. The van der Waals surface area contributed by atoms with Crippen LogP contribution in [-0.2, 0) is 25.5 Å². The minimum Gasteiger partial charge on any atom is -0.466 e. The Morgan fingerprint density at radius 3 is 1.87 bits per heavy atom. The third kappa shape index (κ3) is 13.5. The minimum atomic E-state index is -0.123. The average Bonchev–Trinajstić information content (AvgIpc) is 2.58. The zero-order valence-electron chi connectivity index (χ0n) is 15.4. The molecule has 132 valence electrons. The Kier molecular flexibility index (Phi) is 16.8. The van der Waals surface area contributed by atoms with E-state index < -0.39 is 0 Å². The third-order valence-corrected chi connectivity index (χ3v) is 2.67. The lowest BCUT2D eigenvalue weighted by Crippen LogP contribution is -2.16. The molecular weight excluding hydrogens is 292 g/mol. The topological polar surface area (TPSA) is 52.6 Å². The van der Waals surface area contributed by atoms with Gasteiger partial charge in [0.25, 0.3) is 0 Å². The molecule has 0 aliphatic rings. The molecule has 0 N–H and O–H groups in total. The molecule has 0 aromatic heterocycles. The number of hydrogen-bond donors (Lipinski definition) is 0. The van der Waals surface area contributed by atoms with Crippen LogP contribution in [0.15, 0.2) is 30.3 Å². The lowest BCUT2D eigenvalue weighted by atomic mass is 10.0. The van der Waals surface area contributed by atoms with Crippen molar-refractivity contribution < 1.29 is 19.1 Å². The Bertz CT molecular complexity index is 401. The van der Waals surface area contributed by atoms with E-state index in [-0.39, 0.29) is 17.9 Å². The van der Waals surface area contributed by atoms with Gasteiger partial charge >= 0.3 is 11.9 Å². The Hall–Kier alpha value is -1.84. The van der Waals surface area contributed by atoms with Crippen molar-refractivity contribution in [3.05, 3.63) is 35.9 Å². The summed E-state index contributed by atoms with van der Waals surface area (Å²) in [4.78, 5) is 21.5. The number of carbonyl (C=O) groups is 2. The van der Waals surface area contributed by atoms with Gasteiger partial charge in [-0.15, -0.1) is 0 Å². The number of rotatable bonds is 6. The van der Waals surface area contributed by atoms with Crippen molar-refractivity contribution in [1.82, 2.24) is 0 Å². The third-order valence-electron chi connectivity index (χ3n) is 2.67. The standard InChI is InChI=1S/C12H16O2.C5H10O2.C2H6/c1-3-14-12(13)10(2)9-11-7-5-4-6-8-11;1-3-5(6)7-4-2;1-2/h4-8,10H,3,9H2,1-2H3;3-4H2,1-2H3;1-2H3. The van der Waals surface area contributed by atoms with E-state index in [1.54, 1.807) is 13.8 Å². The molecule has 0 spiro atoms. The van der Waals surface area contributed by atoms with Gasteiger partial charge in [-0.1, -0.05) is 58.0 Å². The Morgan fingerprint density at radius 1 is 0.957 bits per heavy atom. The molecule has 1 unspecified atom stereocenters. The first-order chi connectivity index (χ1) is 11.0. The lowest BCUT2D eigenvalue weighted by Gasteiger charge is -2.09. The van der Waals surface area contributed by atoms with Gasteiger partial charge in [0.1, 0.15) is 0 Å². The van der Waals surface area contributed by atoms with Crippen LogP contribution < -0.4 is 0 Å². The van der Waals surface area contributed by atoms with E-state index in [0.717, 1.165) is 6.42 Å². The Morgan fingerprint density at radius 2 is 1.48 bits per heavy atom. The summed E-state index contributed by atoms with van der Waals surface area (Å²) >= 11 is 0. The van der Waals surface area contributed by atoms with Crippen LogP contribution in [-0.4, -0.2) is 25.2 Å². The van der Waals surface area contributed by atoms with Gasteiger partial charge in [-0.25, -0.2) is 0 Å². The van der Waals surface area contributed by atoms with Crippen LogP contribution >= 0.6 is 0 Å². The van der Waals surface area contributed by atoms with Gasteiger partial charge in [0.05, 0.1) is 19.1 Å². The Balaban J connectivity index is 0. The van der Waals surface area contributed by atoms with Gasteiger partial charge in [0.15, 0.2) is 0 Å². The van der Waals surface area contributed by atoms with Crippen molar-refractivity contribution in [3.8, 4) is 0 Å². The van der Waals surface area contributed by atoms with Crippen molar-refractivity contribution in [2.75, 3.05) is 13.2 Å². The smallest absolute Gasteiger partial charge is 0.308 e. The number of benzene rings is 1. The van der Waals surface area contributed by atoms with Crippen molar-refractivity contribution >= 4 is 11.9 Å². The highest BCUT2D eigenvalue weighted by molar-refractivity contribution is 5.72. The highest BCUT2D eigenvalue weighted by Crippen LogP contribution is 2.09. The molecule has 1 aromatic rings. The lowest BCUT2D eigenvalue weighted by molar-refractivity contribution is -0.147. The summed E-state index contributed by atoms with van der Waals surface area (Å²) in [6.07, 6.45) is 1.23. The van der Waals surface area contributed by atoms with Crippen molar-refractivity contribution in [1.29, 1.82) is 0 Å². The molecule has 0 radical (unpaired) electrons. The van der Waals surface area contributed by atoms with E-state index in [9.17, 15) is 9.59 Å². The maximum atomic E-state index is 11.3. The van der Waals surface area contributed by atoms with Crippen LogP contribution in [0.3, 0.4) is 0 Å². The zero-order chi connectivity index (χ0) is 18.1. The normalized spacial score (nSPS) is 10.2. The van der Waals surface area contributed by atoms with Gasteiger partial charge in [0.2, 0.25) is 0 Å². The monoisotopic (exact) mass is 324 g/mol. The zero-order valence-corrected chi connectivity index (χ0v) is 15.4. The summed E-state index contributed by atoms with van der Waals surface area (Å²) in [5.74, 6) is -0.295. The van der Waals surface area contributed by atoms with Crippen molar-refractivity contribution in [3.63, 3.8) is 0 Å². The highest BCUT2D eigenvalue weighted by atomic mass is 16.5. The largest absolute Gasteiger partial charge is 0.466 e. The SMILES string of the molecule is CC.CCOC(=O)C(C)Cc1ccccc1.CCOC(=O)CC. The summed E-state index contributed by atoms with van der Waals surface area (Å²) in [5, 5.41) is 0. The summed E-state index contributed by atoms with van der Waals surface area (Å²) in [6.45, 7) is 12.2.